The average molecular weight is 284 g/mol. The summed E-state index contributed by atoms with van der Waals surface area (Å²) in [4.78, 5) is 27.2. The SMILES string of the molecule is Cc1nc([N+](=O)[O-])c(N(C)C2COCC2C(=O)O)n1C. The minimum absolute atomic E-state index is 0.106. The van der Waals surface area contributed by atoms with E-state index in [0.717, 1.165) is 0 Å². The first-order valence-corrected chi connectivity index (χ1v) is 6.05. The molecule has 20 heavy (non-hydrogen) atoms. The number of hydrogen-bond donors (Lipinski definition) is 1. The first kappa shape index (κ1) is 14.3. The summed E-state index contributed by atoms with van der Waals surface area (Å²) in [6.45, 7) is 1.98. The molecule has 1 aliphatic heterocycles. The molecule has 0 aliphatic carbocycles. The first-order valence-electron chi connectivity index (χ1n) is 6.05. The first-order chi connectivity index (χ1) is 9.34. The molecule has 2 unspecified atom stereocenters. The van der Waals surface area contributed by atoms with Crippen LogP contribution in [-0.2, 0) is 16.6 Å². The lowest BCUT2D eigenvalue weighted by Crippen LogP contribution is -2.41. The predicted octanol–water partition coefficient (Wildman–Crippen LogP) is 0.173. The van der Waals surface area contributed by atoms with Crippen LogP contribution >= 0.6 is 0 Å². The molecule has 1 N–H and O–H groups in total. The van der Waals surface area contributed by atoms with Crippen molar-refractivity contribution in [3.63, 3.8) is 0 Å². The molecule has 0 spiro atoms. The largest absolute Gasteiger partial charge is 0.481 e. The van der Waals surface area contributed by atoms with Gasteiger partial charge in [0.1, 0.15) is 5.92 Å². The number of rotatable bonds is 4. The highest BCUT2D eigenvalue weighted by Crippen LogP contribution is 2.31. The number of nitro groups is 1. The van der Waals surface area contributed by atoms with Crippen molar-refractivity contribution in [3.05, 3.63) is 15.9 Å². The van der Waals surface area contributed by atoms with Crippen molar-refractivity contribution < 1.29 is 19.6 Å². The number of imidazole rings is 1. The fourth-order valence-electron chi connectivity index (χ4n) is 2.42. The van der Waals surface area contributed by atoms with Gasteiger partial charge in [0, 0.05) is 21.0 Å². The van der Waals surface area contributed by atoms with Gasteiger partial charge in [-0.1, -0.05) is 0 Å². The molecule has 2 atom stereocenters. The van der Waals surface area contributed by atoms with Crippen molar-refractivity contribution >= 4 is 17.6 Å². The van der Waals surface area contributed by atoms with Crippen LogP contribution in [0.1, 0.15) is 5.82 Å². The van der Waals surface area contributed by atoms with Crippen molar-refractivity contribution in [2.24, 2.45) is 13.0 Å². The van der Waals surface area contributed by atoms with Crippen LogP contribution in [0, 0.1) is 23.0 Å². The van der Waals surface area contributed by atoms with Crippen molar-refractivity contribution in [2.75, 3.05) is 25.2 Å². The Bertz CT molecular complexity index is 555. The standard InChI is InChI=1S/C11H16N4O5/c1-6-12-9(15(18)19)10(13(6)2)14(3)8-5-20-4-7(8)11(16)17/h7-8H,4-5H2,1-3H3,(H,16,17). The lowest BCUT2D eigenvalue weighted by Gasteiger charge is -2.27. The van der Waals surface area contributed by atoms with E-state index >= 15 is 0 Å². The fraction of sp³-hybridized carbons (Fsp3) is 0.636. The number of carboxylic acid groups (broad SMARTS) is 1. The Morgan fingerprint density at radius 3 is 2.80 bits per heavy atom. The molecule has 0 radical (unpaired) electrons. The van der Waals surface area contributed by atoms with Gasteiger partial charge in [-0.2, -0.15) is 0 Å². The minimum atomic E-state index is -0.971. The molecule has 9 nitrogen and oxygen atoms in total. The van der Waals surface area contributed by atoms with Gasteiger partial charge < -0.3 is 24.9 Å². The number of aliphatic carboxylic acids is 1. The maximum absolute atomic E-state index is 11.2. The molecule has 1 saturated heterocycles. The van der Waals surface area contributed by atoms with E-state index in [1.54, 1.807) is 30.5 Å². The zero-order valence-electron chi connectivity index (χ0n) is 11.4. The Balaban J connectivity index is 2.40. The second-order valence-electron chi connectivity index (χ2n) is 4.78. The highest BCUT2D eigenvalue weighted by molar-refractivity contribution is 5.73. The smallest absolute Gasteiger partial charge is 0.406 e. The molecule has 0 amide bonds. The monoisotopic (exact) mass is 284 g/mol. The molecule has 1 fully saturated rings. The Morgan fingerprint density at radius 1 is 1.60 bits per heavy atom. The second-order valence-corrected chi connectivity index (χ2v) is 4.78. The van der Waals surface area contributed by atoms with Crippen molar-refractivity contribution in [1.82, 2.24) is 9.55 Å². The van der Waals surface area contributed by atoms with E-state index in [1.807, 2.05) is 0 Å². The van der Waals surface area contributed by atoms with Crippen LogP contribution in [0.5, 0.6) is 0 Å². The predicted molar refractivity (Wildman–Crippen MR) is 68.7 cm³/mol. The third-order valence-corrected chi connectivity index (χ3v) is 3.64. The zero-order chi connectivity index (χ0) is 15.0. The highest BCUT2D eigenvalue weighted by atomic mass is 16.6. The number of ether oxygens (including phenoxy) is 1. The van der Waals surface area contributed by atoms with E-state index in [4.69, 9.17) is 9.84 Å². The maximum atomic E-state index is 11.2. The molecule has 1 aromatic rings. The zero-order valence-corrected chi connectivity index (χ0v) is 11.4. The van der Waals surface area contributed by atoms with Crippen LogP contribution in [0.3, 0.4) is 0 Å². The summed E-state index contributed by atoms with van der Waals surface area (Å²) >= 11 is 0. The summed E-state index contributed by atoms with van der Waals surface area (Å²) in [5.74, 6) is -1.18. The van der Waals surface area contributed by atoms with Crippen LogP contribution in [-0.4, -0.2) is 51.9 Å². The van der Waals surface area contributed by atoms with E-state index < -0.39 is 22.9 Å². The lowest BCUT2D eigenvalue weighted by atomic mass is 10.0. The van der Waals surface area contributed by atoms with Gasteiger partial charge in [-0.25, -0.2) is 0 Å². The van der Waals surface area contributed by atoms with Crippen LogP contribution in [0.15, 0.2) is 0 Å². The number of carbonyl (C=O) groups is 1. The van der Waals surface area contributed by atoms with Crippen LogP contribution < -0.4 is 4.90 Å². The summed E-state index contributed by atoms with van der Waals surface area (Å²) in [6, 6.07) is -0.457. The number of anilines is 1. The molecule has 2 heterocycles. The topological polar surface area (TPSA) is 111 Å². The molecule has 1 aromatic heterocycles. The molecule has 110 valence electrons. The molecule has 1 aliphatic rings. The highest BCUT2D eigenvalue weighted by Gasteiger charge is 2.40. The molecular weight excluding hydrogens is 268 g/mol. The quantitative estimate of drug-likeness (QED) is 0.619. The molecule has 0 saturated carbocycles. The summed E-state index contributed by atoms with van der Waals surface area (Å²) in [5.41, 5.74) is 0. The third kappa shape index (κ3) is 2.20. The van der Waals surface area contributed by atoms with Crippen molar-refractivity contribution in [2.45, 2.75) is 13.0 Å². The van der Waals surface area contributed by atoms with E-state index in [-0.39, 0.29) is 24.8 Å². The molecule has 2 rings (SSSR count). The lowest BCUT2D eigenvalue weighted by molar-refractivity contribution is -0.388. The number of hydrogen-bond acceptors (Lipinski definition) is 6. The van der Waals surface area contributed by atoms with Gasteiger partial charge in [-0.05, 0) is 9.91 Å². The number of likely N-dealkylation sites (N-methyl/N-ethyl adjacent to an activating group) is 1. The summed E-state index contributed by atoms with van der Waals surface area (Å²) in [7, 11) is 3.28. The van der Waals surface area contributed by atoms with Gasteiger partial charge >= 0.3 is 11.8 Å². The van der Waals surface area contributed by atoms with Gasteiger partial charge in [0.2, 0.25) is 11.6 Å². The normalized spacial score (nSPS) is 21.9. The maximum Gasteiger partial charge on any atom is 0.406 e. The molecule has 9 heteroatoms. The number of aryl methyl sites for hydroxylation is 1. The number of aromatic nitrogens is 2. The summed E-state index contributed by atoms with van der Waals surface area (Å²) < 4.78 is 6.78. The Hall–Kier alpha value is -2.16. The van der Waals surface area contributed by atoms with Crippen LogP contribution in [0.25, 0.3) is 0 Å². The Morgan fingerprint density at radius 2 is 2.25 bits per heavy atom. The van der Waals surface area contributed by atoms with Gasteiger partial charge in [-0.3, -0.25) is 9.36 Å². The van der Waals surface area contributed by atoms with Gasteiger partial charge in [-0.15, -0.1) is 0 Å². The van der Waals surface area contributed by atoms with Crippen LogP contribution in [0.4, 0.5) is 11.6 Å². The van der Waals surface area contributed by atoms with Crippen LogP contribution in [0.2, 0.25) is 0 Å². The molecular formula is C11H16N4O5. The number of nitrogens with zero attached hydrogens (tertiary/aromatic N) is 4. The van der Waals surface area contributed by atoms with E-state index in [2.05, 4.69) is 4.98 Å². The third-order valence-electron chi connectivity index (χ3n) is 3.64. The van der Waals surface area contributed by atoms with Gasteiger partial charge in [0.25, 0.3) is 0 Å². The van der Waals surface area contributed by atoms with Crippen molar-refractivity contribution in [1.29, 1.82) is 0 Å². The molecule has 0 bridgehead atoms. The number of carboxylic acids is 1. The van der Waals surface area contributed by atoms with E-state index in [0.29, 0.717) is 5.82 Å². The summed E-state index contributed by atoms with van der Waals surface area (Å²) in [6.07, 6.45) is 0. The Labute approximate surface area is 114 Å². The van der Waals surface area contributed by atoms with Gasteiger partial charge in [0.05, 0.1) is 19.3 Å². The molecule has 0 aromatic carbocycles. The van der Waals surface area contributed by atoms with Gasteiger partial charge in [0.15, 0.2) is 0 Å². The average Bonchev–Trinajstić information content (AvgIpc) is 2.95. The van der Waals surface area contributed by atoms with Crippen molar-refractivity contribution in [3.8, 4) is 0 Å². The summed E-state index contributed by atoms with van der Waals surface area (Å²) in [5, 5.41) is 20.2. The van der Waals surface area contributed by atoms with E-state index in [9.17, 15) is 14.9 Å². The second kappa shape index (κ2) is 5.08. The fourth-order valence-corrected chi connectivity index (χ4v) is 2.42. The minimum Gasteiger partial charge on any atom is -0.481 e. The Kier molecular flexibility index (Phi) is 3.62. The van der Waals surface area contributed by atoms with E-state index in [1.165, 1.54) is 0 Å².